The number of hydrogen-bond donors (Lipinski definition) is 2. The molecular formula is C9H17N3O3S. The maximum Gasteiger partial charge on any atom is 0.227 e. The molecule has 0 aromatic rings. The highest BCUT2D eigenvalue weighted by Crippen LogP contribution is 2.02. The van der Waals surface area contributed by atoms with Crippen LogP contribution in [0.2, 0.25) is 0 Å². The van der Waals surface area contributed by atoms with Crippen LogP contribution in [-0.2, 0) is 14.8 Å². The van der Waals surface area contributed by atoms with Crippen molar-refractivity contribution in [2.75, 3.05) is 13.1 Å². The van der Waals surface area contributed by atoms with Crippen LogP contribution in [0.1, 0.15) is 26.7 Å². The lowest BCUT2D eigenvalue weighted by Crippen LogP contribution is -2.36. The highest BCUT2D eigenvalue weighted by molar-refractivity contribution is 7.90. The van der Waals surface area contributed by atoms with Gasteiger partial charge in [-0.25, -0.2) is 13.1 Å². The zero-order valence-corrected chi connectivity index (χ0v) is 10.3. The fraction of sp³-hybridized carbons (Fsp3) is 0.778. The summed E-state index contributed by atoms with van der Waals surface area (Å²) in [5, 5.41) is 10.1. The molecule has 92 valence electrons. The number of sulfonamides is 1. The fourth-order valence-corrected chi connectivity index (χ4v) is 2.24. The number of carbonyl (C=O) groups is 1. The van der Waals surface area contributed by atoms with Crippen LogP contribution in [0.5, 0.6) is 0 Å². The topological polar surface area (TPSA) is 99.1 Å². The summed E-state index contributed by atoms with van der Waals surface area (Å²) in [6.07, 6.45) is 0.307. The summed E-state index contributed by atoms with van der Waals surface area (Å²) in [7, 11) is -3.62. The molecule has 6 nitrogen and oxygen atoms in total. The first-order valence-corrected chi connectivity index (χ1v) is 6.67. The maximum atomic E-state index is 11.5. The molecule has 0 saturated heterocycles. The molecule has 0 fully saturated rings. The Labute approximate surface area is 96.1 Å². The summed E-state index contributed by atoms with van der Waals surface area (Å²) in [5.41, 5.74) is 0. The molecule has 16 heavy (non-hydrogen) atoms. The number of carbonyl (C=O) groups excluding carboxylic acids is 1. The Hall–Kier alpha value is -1.13. The Balaban J connectivity index is 4.11. The van der Waals surface area contributed by atoms with Crippen LogP contribution in [0.4, 0.5) is 0 Å². The Morgan fingerprint density at radius 1 is 1.44 bits per heavy atom. The van der Waals surface area contributed by atoms with Crippen molar-refractivity contribution in [2.45, 2.75) is 31.9 Å². The Morgan fingerprint density at radius 3 is 2.50 bits per heavy atom. The largest absolute Gasteiger partial charge is 0.356 e. The van der Waals surface area contributed by atoms with Crippen LogP contribution >= 0.6 is 0 Å². The van der Waals surface area contributed by atoms with E-state index in [0.29, 0.717) is 6.54 Å². The van der Waals surface area contributed by atoms with Gasteiger partial charge in [0, 0.05) is 19.5 Å². The zero-order valence-electron chi connectivity index (χ0n) is 9.49. The Kier molecular flexibility index (Phi) is 6.69. The predicted molar refractivity (Wildman–Crippen MR) is 59.9 cm³/mol. The summed E-state index contributed by atoms with van der Waals surface area (Å²) in [5.74, 6) is -0.213. The van der Waals surface area contributed by atoms with E-state index < -0.39 is 15.3 Å². The Morgan fingerprint density at radius 2 is 2.06 bits per heavy atom. The summed E-state index contributed by atoms with van der Waals surface area (Å²) in [6, 6.07) is 1.70. The normalized spacial score (nSPS) is 12.8. The molecule has 2 N–H and O–H groups in total. The van der Waals surface area contributed by atoms with Crippen LogP contribution in [0.3, 0.4) is 0 Å². The first-order chi connectivity index (χ1) is 7.47. The van der Waals surface area contributed by atoms with Crippen molar-refractivity contribution in [1.29, 1.82) is 5.26 Å². The molecular weight excluding hydrogens is 230 g/mol. The van der Waals surface area contributed by atoms with Crippen molar-refractivity contribution in [3.05, 3.63) is 0 Å². The van der Waals surface area contributed by atoms with E-state index in [9.17, 15) is 13.2 Å². The molecule has 0 heterocycles. The van der Waals surface area contributed by atoms with Crippen LogP contribution in [0.15, 0.2) is 0 Å². The van der Waals surface area contributed by atoms with Gasteiger partial charge in [-0.3, -0.25) is 4.79 Å². The van der Waals surface area contributed by atoms with Crippen LogP contribution in [-0.4, -0.2) is 32.7 Å². The van der Waals surface area contributed by atoms with Crippen LogP contribution < -0.4 is 10.0 Å². The van der Waals surface area contributed by atoms with Gasteiger partial charge in [-0.2, -0.15) is 5.26 Å². The average Bonchev–Trinajstić information content (AvgIpc) is 2.19. The van der Waals surface area contributed by atoms with Crippen molar-refractivity contribution in [3.8, 4) is 6.07 Å². The molecule has 1 unspecified atom stereocenters. The van der Waals surface area contributed by atoms with E-state index in [0.717, 1.165) is 0 Å². The molecule has 1 amide bonds. The third-order valence-electron chi connectivity index (χ3n) is 1.92. The van der Waals surface area contributed by atoms with Crippen molar-refractivity contribution in [2.24, 2.45) is 0 Å². The van der Waals surface area contributed by atoms with E-state index in [1.54, 1.807) is 19.9 Å². The van der Waals surface area contributed by atoms with E-state index >= 15 is 0 Å². The number of nitrogens with zero attached hydrogens (tertiary/aromatic N) is 1. The zero-order chi connectivity index (χ0) is 12.6. The molecule has 0 saturated carbocycles. The molecule has 0 aliphatic heterocycles. The van der Waals surface area contributed by atoms with E-state index in [2.05, 4.69) is 10.0 Å². The third-order valence-corrected chi connectivity index (χ3v) is 3.71. The summed E-state index contributed by atoms with van der Waals surface area (Å²) < 4.78 is 25.2. The summed E-state index contributed by atoms with van der Waals surface area (Å²) in [4.78, 5) is 11.0. The first kappa shape index (κ1) is 14.9. The molecule has 0 aliphatic carbocycles. The molecule has 0 aromatic heterocycles. The summed E-state index contributed by atoms with van der Waals surface area (Å²) in [6.45, 7) is 3.94. The van der Waals surface area contributed by atoms with Gasteiger partial charge in [-0.15, -0.1) is 0 Å². The number of nitriles is 1. The molecule has 1 atom stereocenters. The highest BCUT2D eigenvalue weighted by atomic mass is 32.2. The van der Waals surface area contributed by atoms with Crippen LogP contribution in [0.25, 0.3) is 0 Å². The van der Waals surface area contributed by atoms with Crippen molar-refractivity contribution < 1.29 is 13.2 Å². The second-order valence-corrected chi connectivity index (χ2v) is 5.12. The van der Waals surface area contributed by atoms with Crippen LogP contribution in [0, 0.1) is 11.3 Å². The molecule has 0 aliphatic rings. The van der Waals surface area contributed by atoms with Gasteiger partial charge in [0.15, 0.2) is 5.25 Å². The molecule has 0 spiro atoms. The van der Waals surface area contributed by atoms with Crippen molar-refractivity contribution in [3.63, 3.8) is 0 Å². The Bertz CT molecular complexity index is 359. The second-order valence-electron chi connectivity index (χ2n) is 3.17. The van der Waals surface area contributed by atoms with Gasteiger partial charge in [-0.05, 0) is 13.3 Å². The van der Waals surface area contributed by atoms with Gasteiger partial charge in [0.2, 0.25) is 15.9 Å². The molecule has 0 rings (SSSR count). The standard InChI is InChI=1S/C9H17N3O3S/c1-3-8(7-10)16(14,15)12-6-5-9(13)11-4-2/h8,12H,3-6H2,1-2H3,(H,11,13). The maximum absolute atomic E-state index is 11.5. The number of nitrogens with one attached hydrogen (secondary N) is 2. The average molecular weight is 247 g/mol. The SMILES string of the molecule is CCNC(=O)CCNS(=O)(=O)C(C#N)CC. The van der Waals surface area contributed by atoms with Gasteiger partial charge in [0.05, 0.1) is 6.07 Å². The van der Waals surface area contributed by atoms with Gasteiger partial charge < -0.3 is 5.32 Å². The minimum Gasteiger partial charge on any atom is -0.356 e. The van der Waals surface area contributed by atoms with E-state index in [1.807, 2.05) is 0 Å². The van der Waals surface area contributed by atoms with E-state index in [1.165, 1.54) is 0 Å². The predicted octanol–water partition coefficient (Wildman–Crippen LogP) is -0.266. The minimum absolute atomic E-state index is 0.0202. The lowest BCUT2D eigenvalue weighted by atomic mass is 10.4. The molecule has 0 bridgehead atoms. The van der Waals surface area contributed by atoms with Gasteiger partial charge in [0.1, 0.15) is 0 Å². The smallest absolute Gasteiger partial charge is 0.227 e. The quantitative estimate of drug-likeness (QED) is 0.647. The highest BCUT2D eigenvalue weighted by Gasteiger charge is 2.22. The summed E-state index contributed by atoms with van der Waals surface area (Å²) >= 11 is 0. The molecule has 7 heteroatoms. The second kappa shape index (κ2) is 7.19. The lowest BCUT2D eigenvalue weighted by molar-refractivity contribution is -0.120. The third kappa shape index (κ3) is 5.09. The van der Waals surface area contributed by atoms with Gasteiger partial charge >= 0.3 is 0 Å². The number of hydrogen-bond acceptors (Lipinski definition) is 4. The monoisotopic (exact) mass is 247 g/mol. The number of rotatable bonds is 7. The minimum atomic E-state index is -3.62. The van der Waals surface area contributed by atoms with Gasteiger partial charge in [0.25, 0.3) is 0 Å². The van der Waals surface area contributed by atoms with E-state index in [4.69, 9.17) is 5.26 Å². The first-order valence-electron chi connectivity index (χ1n) is 5.12. The number of amides is 1. The molecule has 0 aromatic carbocycles. The van der Waals surface area contributed by atoms with Crippen molar-refractivity contribution >= 4 is 15.9 Å². The van der Waals surface area contributed by atoms with E-state index in [-0.39, 0.29) is 25.3 Å². The van der Waals surface area contributed by atoms with Gasteiger partial charge in [-0.1, -0.05) is 6.92 Å². The fourth-order valence-electron chi connectivity index (χ4n) is 1.07. The lowest BCUT2D eigenvalue weighted by Gasteiger charge is -2.09. The molecule has 0 radical (unpaired) electrons. The van der Waals surface area contributed by atoms with Crippen molar-refractivity contribution in [1.82, 2.24) is 10.0 Å².